The number of aryl methyl sites for hydroxylation is 2. The Hall–Kier alpha value is -4.85. The van der Waals surface area contributed by atoms with Crippen LogP contribution < -0.4 is 15.6 Å². The average molecular weight is 678 g/mol. The highest BCUT2D eigenvalue weighted by Crippen LogP contribution is 2.37. The molecule has 1 amide bonds. The molecular formula is C30H21F2IN6O3. The van der Waals surface area contributed by atoms with Gasteiger partial charge >= 0.3 is 0 Å². The van der Waals surface area contributed by atoms with E-state index in [0.29, 0.717) is 26.3 Å². The van der Waals surface area contributed by atoms with Crippen molar-refractivity contribution in [3.8, 4) is 28.3 Å². The number of nitrogens with one attached hydrogen (secondary N) is 2. The van der Waals surface area contributed by atoms with Gasteiger partial charge in [-0.2, -0.15) is 10.2 Å². The number of fused-ring (bicyclic) bond motifs is 1. The van der Waals surface area contributed by atoms with Crippen molar-refractivity contribution < 1.29 is 18.3 Å². The Morgan fingerprint density at radius 1 is 1.02 bits per heavy atom. The van der Waals surface area contributed by atoms with Gasteiger partial charge in [0.2, 0.25) is 0 Å². The first-order valence-electron chi connectivity index (χ1n) is 12.6. The molecular weight excluding hydrogens is 657 g/mol. The SMILES string of the molecule is Cc1cc(I)c(C(=O)Nc2ccc(Oc3cc4cnn(C)c4cc3-c3cn[nH]c3)c(F)c2)c(=O)n1-c1ccc(F)cc1. The summed E-state index contributed by atoms with van der Waals surface area (Å²) in [4.78, 5) is 26.6. The number of ether oxygens (including phenoxy) is 1. The minimum Gasteiger partial charge on any atom is -0.454 e. The number of amides is 1. The molecule has 0 aliphatic carbocycles. The summed E-state index contributed by atoms with van der Waals surface area (Å²) in [7, 11) is 1.82. The van der Waals surface area contributed by atoms with E-state index in [-0.39, 0.29) is 17.0 Å². The summed E-state index contributed by atoms with van der Waals surface area (Å²) < 4.78 is 38.2. The van der Waals surface area contributed by atoms with Crippen molar-refractivity contribution in [2.24, 2.45) is 7.05 Å². The predicted molar refractivity (Wildman–Crippen MR) is 162 cm³/mol. The topological polar surface area (TPSA) is 107 Å². The highest BCUT2D eigenvalue weighted by Gasteiger charge is 2.21. The van der Waals surface area contributed by atoms with Crippen LogP contribution in [0.25, 0.3) is 27.7 Å². The average Bonchev–Trinajstić information content (AvgIpc) is 3.61. The van der Waals surface area contributed by atoms with Crippen molar-refractivity contribution in [1.82, 2.24) is 24.5 Å². The maximum absolute atomic E-state index is 15.3. The van der Waals surface area contributed by atoms with Crippen LogP contribution in [-0.4, -0.2) is 30.5 Å². The molecule has 0 unspecified atom stereocenters. The van der Waals surface area contributed by atoms with E-state index < -0.39 is 23.1 Å². The van der Waals surface area contributed by atoms with E-state index in [9.17, 15) is 14.0 Å². The molecule has 3 heterocycles. The minimum atomic E-state index is -0.723. The number of aromatic nitrogens is 5. The first-order valence-corrected chi connectivity index (χ1v) is 13.7. The van der Waals surface area contributed by atoms with E-state index in [0.717, 1.165) is 22.5 Å². The number of H-pyrrole nitrogens is 1. The third-order valence-electron chi connectivity index (χ3n) is 6.72. The summed E-state index contributed by atoms with van der Waals surface area (Å²) in [5.74, 6) is -1.55. The zero-order valence-corrected chi connectivity index (χ0v) is 24.3. The van der Waals surface area contributed by atoms with Gasteiger partial charge in [0.05, 0.1) is 17.9 Å². The van der Waals surface area contributed by atoms with Gasteiger partial charge in [-0.3, -0.25) is 23.9 Å². The molecule has 6 rings (SSSR count). The van der Waals surface area contributed by atoms with Gasteiger partial charge in [-0.05, 0) is 84.1 Å². The summed E-state index contributed by atoms with van der Waals surface area (Å²) in [5.41, 5.74) is 2.70. The summed E-state index contributed by atoms with van der Waals surface area (Å²) >= 11 is 1.91. The molecule has 9 nitrogen and oxygen atoms in total. The zero-order chi connectivity index (χ0) is 29.5. The van der Waals surface area contributed by atoms with Crippen LogP contribution in [0.3, 0.4) is 0 Å². The minimum absolute atomic E-state index is 0.0652. The van der Waals surface area contributed by atoms with Crippen molar-refractivity contribution in [3.63, 3.8) is 0 Å². The second-order valence-electron chi connectivity index (χ2n) is 9.49. The molecule has 2 N–H and O–H groups in total. The summed E-state index contributed by atoms with van der Waals surface area (Å²) in [6.45, 7) is 1.72. The Labute approximate surface area is 250 Å². The number of aromatic amines is 1. The highest BCUT2D eigenvalue weighted by molar-refractivity contribution is 14.1. The fraction of sp³-hybridized carbons (Fsp3) is 0.0667. The van der Waals surface area contributed by atoms with Crippen LogP contribution in [0.2, 0.25) is 0 Å². The fourth-order valence-corrected chi connectivity index (χ4v) is 5.60. The van der Waals surface area contributed by atoms with Crippen LogP contribution in [0.15, 0.2) is 84.0 Å². The first-order chi connectivity index (χ1) is 20.2. The van der Waals surface area contributed by atoms with E-state index in [2.05, 4.69) is 20.6 Å². The third-order valence-corrected chi connectivity index (χ3v) is 7.57. The number of pyridine rings is 1. The Balaban J connectivity index is 1.29. The predicted octanol–water partition coefficient (Wildman–Crippen LogP) is 6.35. The highest BCUT2D eigenvalue weighted by atomic mass is 127. The molecule has 0 bridgehead atoms. The van der Waals surface area contributed by atoms with E-state index in [1.165, 1.54) is 41.0 Å². The largest absolute Gasteiger partial charge is 0.454 e. The number of halogens is 3. The molecule has 12 heteroatoms. The molecule has 0 saturated carbocycles. The van der Waals surface area contributed by atoms with Gasteiger partial charge < -0.3 is 10.1 Å². The second kappa shape index (κ2) is 10.9. The van der Waals surface area contributed by atoms with Crippen LogP contribution in [-0.2, 0) is 7.05 Å². The standard InChI is InChI=1S/C30H21F2IN6O3/c1-16-9-24(33)28(30(41)39(16)21-6-3-19(31)4-7-21)29(40)37-20-5-8-26(23(32)11-20)42-27-10-17-15-36-38(2)25(17)12-22(27)18-13-34-35-14-18/h3-15H,1-2H3,(H,34,35)(H,37,40). The van der Waals surface area contributed by atoms with Gasteiger partial charge in [0.25, 0.3) is 11.5 Å². The van der Waals surface area contributed by atoms with Crippen LogP contribution >= 0.6 is 22.6 Å². The Kier molecular flexibility index (Phi) is 7.06. The molecule has 3 aromatic carbocycles. The van der Waals surface area contributed by atoms with Gasteiger partial charge in [0.15, 0.2) is 11.6 Å². The molecule has 3 aromatic heterocycles. The Bertz CT molecular complexity index is 2040. The van der Waals surface area contributed by atoms with E-state index in [1.54, 1.807) is 42.3 Å². The maximum Gasteiger partial charge on any atom is 0.269 e. The lowest BCUT2D eigenvalue weighted by Crippen LogP contribution is -2.31. The van der Waals surface area contributed by atoms with E-state index in [4.69, 9.17) is 4.74 Å². The molecule has 0 saturated heterocycles. The fourth-order valence-electron chi connectivity index (χ4n) is 4.67. The summed E-state index contributed by atoms with van der Waals surface area (Å²) in [5, 5.41) is 14.5. The summed E-state index contributed by atoms with van der Waals surface area (Å²) in [6, 6.07) is 14.7. The van der Waals surface area contributed by atoms with Gasteiger partial charge in [-0.15, -0.1) is 0 Å². The van der Waals surface area contributed by atoms with Crippen LogP contribution in [0, 0.1) is 22.1 Å². The number of carbonyl (C=O) groups excluding carboxylic acids is 1. The summed E-state index contributed by atoms with van der Waals surface area (Å²) in [6.07, 6.45) is 5.03. The van der Waals surface area contributed by atoms with Gasteiger partial charge in [0, 0.05) is 56.5 Å². The molecule has 0 spiro atoms. The Morgan fingerprint density at radius 2 is 1.81 bits per heavy atom. The monoisotopic (exact) mass is 678 g/mol. The lowest BCUT2D eigenvalue weighted by atomic mass is 10.1. The molecule has 42 heavy (non-hydrogen) atoms. The first kappa shape index (κ1) is 27.3. The zero-order valence-electron chi connectivity index (χ0n) is 22.2. The molecule has 0 radical (unpaired) electrons. The quantitative estimate of drug-likeness (QED) is 0.200. The number of hydrogen-bond donors (Lipinski definition) is 2. The van der Waals surface area contributed by atoms with E-state index in [1.807, 2.05) is 35.7 Å². The molecule has 210 valence electrons. The van der Waals surface area contributed by atoms with Crippen molar-refractivity contribution >= 4 is 45.1 Å². The lowest BCUT2D eigenvalue weighted by Gasteiger charge is -2.15. The lowest BCUT2D eigenvalue weighted by molar-refractivity contribution is 0.102. The Morgan fingerprint density at radius 3 is 2.52 bits per heavy atom. The number of nitrogens with zero attached hydrogens (tertiary/aromatic N) is 4. The molecule has 0 aliphatic heterocycles. The van der Waals surface area contributed by atoms with Gasteiger partial charge in [-0.1, -0.05) is 0 Å². The normalized spacial score (nSPS) is 11.2. The molecule has 0 fully saturated rings. The van der Waals surface area contributed by atoms with Gasteiger partial charge in [0.1, 0.15) is 17.1 Å². The van der Waals surface area contributed by atoms with Crippen molar-refractivity contribution in [2.75, 3.05) is 5.32 Å². The number of hydrogen-bond acceptors (Lipinski definition) is 5. The van der Waals surface area contributed by atoms with Crippen molar-refractivity contribution in [1.29, 1.82) is 0 Å². The van der Waals surface area contributed by atoms with E-state index >= 15 is 4.39 Å². The third kappa shape index (κ3) is 5.04. The van der Waals surface area contributed by atoms with Crippen LogP contribution in [0.4, 0.5) is 14.5 Å². The number of rotatable bonds is 6. The number of carbonyl (C=O) groups is 1. The molecule has 0 atom stereocenters. The van der Waals surface area contributed by atoms with Crippen LogP contribution in [0.5, 0.6) is 11.5 Å². The van der Waals surface area contributed by atoms with Gasteiger partial charge in [-0.25, -0.2) is 8.78 Å². The van der Waals surface area contributed by atoms with Crippen molar-refractivity contribution in [2.45, 2.75) is 6.92 Å². The number of benzene rings is 3. The maximum atomic E-state index is 15.3. The van der Waals surface area contributed by atoms with Crippen LogP contribution in [0.1, 0.15) is 16.1 Å². The molecule has 6 aromatic rings. The van der Waals surface area contributed by atoms with Crippen molar-refractivity contribution in [3.05, 3.63) is 116 Å². The smallest absolute Gasteiger partial charge is 0.269 e. The second-order valence-corrected chi connectivity index (χ2v) is 10.7. The number of anilines is 1. The molecule has 0 aliphatic rings.